The van der Waals surface area contributed by atoms with Crippen molar-refractivity contribution in [2.24, 2.45) is 0 Å². The van der Waals surface area contributed by atoms with Crippen LogP contribution >= 0.6 is 11.3 Å². The summed E-state index contributed by atoms with van der Waals surface area (Å²) in [7, 11) is 0. The number of amides is 1. The van der Waals surface area contributed by atoms with Gasteiger partial charge in [-0.05, 0) is 50.1 Å². The number of ketones is 1. The standard InChI is InChI=1S/C27H26N2O7S/c1-5-12-34-18-9-7-8-17(14-18)21-20(22(30)19-11-10-15(3)36-19)23(31)25(32)29(21)27-28-16(4)24(37-27)26(33)35-13-6-2/h6-11,14,21,31H,2,5,12-13H2,1,3-4H3. The van der Waals surface area contributed by atoms with Gasteiger partial charge in [-0.15, -0.1) is 0 Å². The van der Waals surface area contributed by atoms with Gasteiger partial charge in [0.1, 0.15) is 23.0 Å². The molecule has 0 bridgehead atoms. The monoisotopic (exact) mass is 522 g/mol. The van der Waals surface area contributed by atoms with E-state index in [2.05, 4.69) is 11.6 Å². The van der Waals surface area contributed by atoms with Crippen molar-refractivity contribution in [1.29, 1.82) is 0 Å². The molecule has 1 unspecified atom stereocenters. The van der Waals surface area contributed by atoms with Gasteiger partial charge in [0.05, 0.1) is 23.9 Å². The maximum Gasteiger partial charge on any atom is 0.350 e. The first-order valence-corrected chi connectivity index (χ1v) is 12.4. The summed E-state index contributed by atoms with van der Waals surface area (Å²) in [4.78, 5) is 45.2. The Balaban J connectivity index is 1.82. The van der Waals surface area contributed by atoms with Crippen LogP contribution in [0.2, 0.25) is 0 Å². The van der Waals surface area contributed by atoms with Crippen LogP contribution in [0.3, 0.4) is 0 Å². The summed E-state index contributed by atoms with van der Waals surface area (Å²) in [6.45, 7) is 9.32. The molecule has 1 N–H and O–H groups in total. The summed E-state index contributed by atoms with van der Waals surface area (Å²) in [6.07, 6.45) is 2.24. The van der Waals surface area contributed by atoms with Gasteiger partial charge in [0.15, 0.2) is 16.7 Å². The van der Waals surface area contributed by atoms with Gasteiger partial charge in [0, 0.05) is 0 Å². The van der Waals surface area contributed by atoms with Crippen molar-refractivity contribution in [3.8, 4) is 5.75 Å². The van der Waals surface area contributed by atoms with Gasteiger partial charge in [-0.3, -0.25) is 14.5 Å². The fourth-order valence-electron chi connectivity index (χ4n) is 3.91. The summed E-state index contributed by atoms with van der Waals surface area (Å²) in [5.41, 5.74) is 0.707. The largest absolute Gasteiger partial charge is 0.503 e. The van der Waals surface area contributed by atoms with E-state index in [9.17, 15) is 19.5 Å². The molecular weight excluding hydrogens is 496 g/mol. The van der Waals surface area contributed by atoms with Crippen molar-refractivity contribution in [1.82, 2.24) is 4.98 Å². The van der Waals surface area contributed by atoms with Crippen molar-refractivity contribution in [3.05, 3.63) is 88.0 Å². The number of anilines is 1. The zero-order valence-corrected chi connectivity index (χ0v) is 21.5. The average Bonchev–Trinajstić information content (AvgIpc) is 3.57. The first-order valence-electron chi connectivity index (χ1n) is 11.6. The number of furan rings is 1. The third-order valence-corrected chi connectivity index (χ3v) is 6.71. The number of aliphatic hydroxyl groups is 1. The lowest BCUT2D eigenvalue weighted by molar-refractivity contribution is -0.117. The summed E-state index contributed by atoms with van der Waals surface area (Å²) in [6, 6.07) is 9.01. The van der Waals surface area contributed by atoms with Crippen LogP contribution in [-0.2, 0) is 9.53 Å². The molecule has 0 saturated heterocycles. The molecule has 1 atom stereocenters. The molecule has 3 aromatic rings. The molecule has 1 amide bonds. The molecule has 1 aromatic carbocycles. The van der Waals surface area contributed by atoms with Gasteiger partial charge in [0.2, 0.25) is 5.78 Å². The molecule has 1 aliphatic rings. The molecule has 3 heterocycles. The summed E-state index contributed by atoms with van der Waals surface area (Å²) in [5.74, 6) is -1.74. The van der Waals surface area contributed by atoms with Gasteiger partial charge in [-0.25, -0.2) is 9.78 Å². The molecule has 37 heavy (non-hydrogen) atoms. The van der Waals surface area contributed by atoms with Gasteiger partial charge >= 0.3 is 5.97 Å². The van der Waals surface area contributed by atoms with E-state index in [4.69, 9.17) is 13.9 Å². The number of thiazole rings is 1. The number of carbonyl (C=O) groups is 3. The van der Waals surface area contributed by atoms with Crippen molar-refractivity contribution in [2.75, 3.05) is 18.1 Å². The van der Waals surface area contributed by atoms with Crippen LogP contribution in [0, 0.1) is 13.8 Å². The Labute approximate surface area is 217 Å². The van der Waals surface area contributed by atoms with E-state index in [0.29, 0.717) is 29.4 Å². The highest BCUT2D eigenvalue weighted by atomic mass is 32.1. The number of nitrogens with zero attached hydrogens (tertiary/aromatic N) is 2. The molecule has 0 radical (unpaired) electrons. The van der Waals surface area contributed by atoms with E-state index in [1.807, 2.05) is 6.92 Å². The number of benzene rings is 1. The van der Waals surface area contributed by atoms with Crippen molar-refractivity contribution in [2.45, 2.75) is 33.2 Å². The number of carbonyl (C=O) groups excluding carboxylic acids is 3. The van der Waals surface area contributed by atoms with E-state index in [0.717, 1.165) is 17.8 Å². The molecule has 10 heteroatoms. The zero-order chi connectivity index (χ0) is 26.7. The van der Waals surface area contributed by atoms with Crippen LogP contribution in [0.4, 0.5) is 5.13 Å². The Morgan fingerprint density at radius 3 is 2.73 bits per heavy atom. The summed E-state index contributed by atoms with van der Waals surface area (Å²) in [5, 5.41) is 11.1. The third kappa shape index (κ3) is 5.05. The molecule has 0 fully saturated rings. The number of aliphatic hydroxyl groups excluding tert-OH is 1. The highest BCUT2D eigenvalue weighted by Gasteiger charge is 2.47. The van der Waals surface area contributed by atoms with E-state index < -0.39 is 29.5 Å². The second-order valence-corrected chi connectivity index (χ2v) is 9.28. The first-order chi connectivity index (χ1) is 17.8. The van der Waals surface area contributed by atoms with Crippen molar-refractivity contribution >= 4 is 34.1 Å². The third-order valence-electron chi connectivity index (χ3n) is 5.57. The predicted octanol–water partition coefficient (Wildman–Crippen LogP) is 5.27. The van der Waals surface area contributed by atoms with Crippen LogP contribution < -0.4 is 9.64 Å². The molecule has 192 valence electrons. The minimum absolute atomic E-state index is 0.0129. The van der Waals surface area contributed by atoms with Crippen LogP contribution in [0.5, 0.6) is 5.75 Å². The maximum atomic E-state index is 13.5. The number of rotatable bonds is 10. The molecule has 0 saturated carbocycles. The number of Topliss-reactive ketones (excluding diaryl/α,β-unsaturated/α-hetero) is 1. The smallest absolute Gasteiger partial charge is 0.350 e. The Hall–Kier alpha value is -4.18. The summed E-state index contributed by atoms with van der Waals surface area (Å²) >= 11 is 0.933. The number of hydrogen-bond acceptors (Lipinski definition) is 9. The number of hydrogen-bond donors (Lipinski definition) is 1. The van der Waals surface area contributed by atoms with E-state index >= 15 is 0 Å². The molecular formula is C27H26N2O7S. The van der Waals surface area contributed by atoms with E-state index in [1.165, 1.54) is 17.0 Å². The van der Waals surface area contributed by atoms with Crippen LogP contribution in [0.25, 0.3) is 0 Å². The van der Waals surface area contributed by atoms with E-state index in [1.54, 1.807) is 44.2 Å². The van der Waals surface area contributed by atoms with Crippen LogP contribution in [0.15, 0.2) is 64.8 Å². The SMILES string of the molecule is C=CCOC(=O)c1sc(N2C(=O)C(O)=C(C(=O)c3ccc(C)o3)C2c2cccc(OCCC)c2)nc1C. The normalized spacial score (nSPS) is 15.3. The second-order valence-electron chi connectivity index (χ2n) is 8.30. The Bertz CT molecular complexity index is 1400. The van der Waals surface area contributed by atoms with Crippen LogP contribution in [-0.4, -0.2) is 41.0 Å². The minimum Gasteiger partial charge on any atom is -0.503 e. The van der Waals surface area contributed by atoms with Gasteiger partial charge < -0.3 is 19.0 Å². The quantitative estimate of drug-likeness (QED) is 0.217. The Kier molecular flexibility index (Phi) is 7.58. The van der Waals surface area contributed by atoms with Gasteiger partial charge in [-0.2, -0.15) is 0 Å². The van der Waals surface area contributed by atoms with Crippen molar-refractivity contribution in [3.63, 3.8) is 0 Å². The first kappa shape index (κ1) is 25.9. The minimum atomic E-state index is -1.04. The number of ether oxygens (including phenoxy) is 2. The highest BCUT2D eigenvalue weighted by Crippen LogP contribution is 2.44. The van der Waals surface area contributed by atoms with E-state index in [-0.39, 0.29) is 27.9 Å². The number of aromatic nitrogens is 1. The maximum absolute atomic E-state index is 13.5. The highest BCUT2D eigenvalue weighted by molar-refractivity contribution is 7.17. The molecule has 4 rings (SSSR count). The Morgan fingerprint density at radius 2 is 2.05 bits per heavy atom. The fraction of sp³-hybridized carbons (Fsp3) is 0.259. The molecule has 9 nitrogen and oxygen atoms in total. The topological polar surface area (TPSA) is 119 Å². The molecule has 2 aromatic heterocycles. The number of esters is 1. The lowest BCUT2D eigenvalue weighted by Gasteiger charge is -2.24. The lowest BCUT2D eigenvalue weighted by Crippen LogP contribution is -2.31. The Morgan fingerprint density at radius 1 is 1.27 bits per heavy atom. The number of aryl methyl sites for hydroxylation is 2. The summed E-state index contributed by atoms with van der Waals surface area (Å²) < 4.78 is 16.4. The molecule has 0 spiro atoms. The fourth-order valence-corrected chi connectivity index (χ4v) is 4.90. The van der Waals surface area contributed by atoms with Gasteiger partial charge in [-0.1, -0.05) is 43.0 Å². The van der Waals surface area contributed by atoms with Crippen molar-refractivity contribution < 1.29 is 33.4 Å². The van der Waals surface area contributed by atoms with Gasteiger partial charge in [0.25, 0.3) is 5.91 Å². The lowest BCUT2D eigenvalue weighted by atomic mass is 9.95. The molecule has 1 aliphatic heterocycles. The molecule has 0 aliphatic carbocycles. The van der Waals surface area contributed by atoms with Crippen LogP contribution in [0.1, 0.15) is 56.6 Å². The second kappa shape index (κ2) is 10.8. The average molecular weight is 523 g/mol. The zero-order valence-electron chi connectivity index (χ0n) is 20.6. The predicted molar refractivity (Wildman–Crippen MR) is 137 cm³/mol.